The zero-order valence-corrected chi connectivity index (χ0v) is 16.1. The van der Waals surface area contributed by atoms with E-state index in [1.807, 2.05) is 6.20 Å². The van der Waals surface area contributed by atoms with Gasteiger partial charge < -0.3 is 19.4 Å². The van der Waals surface area contributed by atoms with Crippen molar-refractivity contribution in [1.82, 2.24) is 14.8 Å². The van der Waals surface area contributed by atoms with Crippen molar-refractivity contribution in [2.24, 2.45) is 0 Å². The summed E-state index contributed by atoms with van der Waals surface area (Å²) in [5.41, 5.74) is 2.23. The first-order chi connectivity index (χ1) is 12.3. The minimum atomic E-state index is -0.249. The monoisotopic (exact) mass is 359 g/mol. The van der Waals surface area contributed by atoms with Crippen LogP contribution in [0, 0.1) is 0 Å². The summed E-state index contributed by atoms with van der Waals surface area (Å²) in [5, 5.41) is 1.23. The first kappa shape index (κ1) is 18.9. The molecule has 1 aromatic heterocycles. The summed E-state index contributed by atoms with van der Waals surface area (Å²) in [7, 11) is 3.46. The van der Waals surface area contributed by atoms with Gasteiger partial charge in [0.2, 0.25) is 5.91 Å². The number of nitrogens with zero attached hydrogens (tertiary/aromatic N) is 2. The van der Waals surface area contributed by atoms with Crippen molar-refractivity contribution in [2.75, 3.05) is 40.4 Å². The van der Waals surface area contributed by atoms with Crippen LogP contribution in [-0.4, -0.2) is 72.8 Å². The average Bonchev–Trinajstić information content (AvgIpc) is 3.03. The predicted octanol–water partition coefficient (Wildman–Crippen LogP) is 2.25. The molecule has 3 rings (SSSR count). The minimum Gasteiger partial charge on any atom is -0.369 e. The predicted molar refractivity (Wildman–Crippen MR) is 102 cm³/mol. The van der Waals surface area contributed by atoms with Crippen LogP contribution in [0.2, 0.25) is 0 Å². The van der Waals surface area contributed by atoms with Gasteiger partial charge in [0.1, 0.15) is 6.61 Å². The summed E-state index contributed by atoms with van der Waals surface area (Å²) in [4.78, 5) is 18.9. The smallest absolute Gasteiger partial charge is 0.248 e. The molecule has 2 heterocycles. The highest BCUT2D eigenvalue weighted by atomic mass is 16.5. The van der Waals surface area contributed by atoms with Crippen LogP contribution in [0.1, 0.15) is 19.4 Å². The molecule has 1 atom stereocenters. The minimum absolute atomic E-state index is 0.0321. The number of ether oxygens (including phenoxy) is 2. The van der Waals surface area contributed by atoms with Crippen LogP contribution in [0.25, 0.3) is 10.9 Å². The largest absolute Gasteiger partial charge is 0.369 e. The Morgan fingerprint density at radius 3 is 2.96 bits per heavy atom. The fourth-order valence-corrected chi connectivity index (χ4v) is 3.55. The van der Waals surface area contributed by atoms with E-state index in [0.29, 0.717) is 6.61 Å². The van der Waals surface area contributed by atoms with Gasteiger partial charge in [-0.05, 0) is 30.9 Å². The lowest BCUT2D eigenvalue weighted by molar-refractivity contribution is -0.161. The van der Waals surface area contributed by atoms with E-state index in [1.165, 1.54) is 21.4 Å². The van der Waals surface area contributed by atoms with Crippen LogP contribution >= 0.6 is 0 Å². The SMILES string of the molecule is CN(C)C(=O)COC[C@@H]1CN(Cc2cccc3cc[nH]c23)CC(C)(C)O1. The number of morpholine rings is 1. The second-order valence-electron chi connectivity index (χ2n) is 7.83. The Labute approximate surface area is 155 Å². The van der Waals surface area contributed by atoms with Crippen molar-refractivity contribution in [1.29, 1.82) is 0 Å². The maximum atomic E-state index is 11.7. The summed E-state index contributed by atoms with van der Waals surface area (Å²) in [5.74, 6) is -0.0321. The number of benzene rings is 1. The highest BCUT2D eigenvalue weighted by Gasteiger charge is 2.33. The molecule has 0 aliphatic carbocycles. The van der Waals surface area contributed by atoms with Gasteiger partial charge in [-0.2, -0.15) is 0 Å². The van der Waals surface area contributed by atoms with Gasteiger partial charge in [-0.25, -0.2) is 0 Å². The summed E-state index contributed by atoms with van der Waals surface area (Å²) >= 11 is 0. The number of hydrogen-bond donors (Lipinski definition) is 1. The lowest BCUT2D eigenvalue weighted by atomic mass is 10.0. The number of rotatable bonds is 6. The van der Waals surface area contributed by atoms with Crippen molar-refractivity contribution in [3.8, 4) is 0 Å². The molecule has 0 saturated carbocycles. The maximum absolute atomic E-state index is 11.7. The second kappa shape index (κ2) is 7.78. The third kappa shape index (κ3) is 4.63. The number of fused-ring (bicyclic) bond motifs is 1. The molecular formula is C20H29N3O3. The molecule has 6 heteroatoms. The summed E-state index contributed by atoms with van der Waals surface area (Å²) < 4.78 is 11.8. The fraction of sp³-hybridized carbons (Fsp3) is 0.550. The highest BCUT2D eigenvalue weighted by Crippen LogP contribution is 2.25. The van der Waals surface area contributed by atoms with E-state index < -0.39 is 0 Å². The van der Waals surface area contributed by atoms with Crippen molar-refractivity contribution >= 4 is 16.8 Å². The van der Waals surface area contributed by atoms with Crippen molar-refractivity contribution < 1.29 is 14.3 Å². The lowest BCUT2D eigenvalue weighted by Gasteiger charge is -2.42. The fourth-order valence-electron chi connectivity index (χ4n) is 3.55. The Balaban J connectivity index is 1.62. The van der Waals surface area contributed by atoms with Crippen LogP contribution in [-0.2, 0) is 20.8 Å². The van der Waals surface area contributed by atoms with Gasteiger partial charge in [0.05, 0.1) is 18.3 Å². The number of aromatic amines is 1. The zero-order valence-electron chi connectivity index (χ0n) is 16.1. The number of para-hydroxylation sites is 1. The van der Waals surface area contributed by atoms with Crippen molar-refractivity contribution in [2.45, 2.75) is 32.1 Å². The van der Waals surface area contributed by atoms with E-state index >= 15 is 0 Å². The van der Waals surface area contributed by atoms with Gasteiger partial charge in [-0.1, -0.05) is 18.2 Å². The summed E-state index contributed by atoms with van der Waals surface area (Å²) in [6.45, 7) is 7.23. The Kier molecular flexibility index (Phi) is 5.65. The second-order valence-corrected chi connectivity index (χ2v) is 7.83. The number of carbonyl (C=O) groups excluding carboxylic acids is 1. The molecule has 0 bridgehead atoms. The molecule has 0 radical (unpaired) electrons. The van der Waals surface area contributed by atoms with Gasteiger partial charge in [-0.3, -0.25) is 9.69 Å². The summed E-state index contributed by atoms with van der Waals surface area (Å²) in [6.07, 6.45) is 1.94. The van der Waals surface area contributed by atoms with E-state index in [9.17, 15) is 4.79 Å². The van der Waals surface area contributed by atoms with Crippen LogP contribution in [0.3, 0.4) is 0 Å². The number of nitrogens with one attached hydrogen (secondary N) is 1. The standard InChI is InChI=1S/C20H29N3O3/c1-20(2)14-23(10-16-7-5-6-15-8-9-21-19(15)16)11-17(26-20)12-25-13-18(24)22(3)4/h5-9,17,21H,10-14H2,1-4H3/t17-/m0/s1. The van der Waals surface area contributed by atoms with Crippen LogP contribution in [0.5, 0.6) is 0 Å². The quantitative estimate of drug-likeness (QED) is 0.859. The van der Waals surface area contributed by atoms with Crippen LogP contribution in [0.15, 0.2) is 30.5 Å². The number of aromatic nitrogens is 1. The highest BCUT2D eigenvalue weighted by molar-refractivity contribution is 5.82. The lowest BCUT2D eigenvalue weighted by Crippen LogP contribution is -2.53. The van der Waals surface area contributed by atoms with Gasteiger partial charge in [0.25, 0.3) is 0 Å². The van der Waals surface area contributed by atoms with Crippen LogP contribution < -0.4 is 0 Å². The van der Waals surface area contributed by atoms with E-state index in [4.69, 9.17) is 9.47 Å². The first-order valence-electron chi connectivity index (χ1n) is 9.07. The molecular weight excluding hydrogens is 330 g/mol. The number of likely N-dealkylation sites (N-methyl/N-ethyl adjacent to an activating group) is 1. The molecule has 1 N–H and O–H groups in total. The average molecular weight is 359 g/mol. The number of amides is 1. The topological polar surface area (TPSA) is 57.8 Å². The first-order valence-corrected chi connectivity index (χ1v) is 9.07. The third-order valence-electron chi connectivity index (χ3n) is 4.65. The van der Waals surface area contributed by atoms with E-state index in [1.54, 1.807) is 14.1 Å². The number of carbonyl (C=O) groups is 1. The molecule has 0 unspecified atom stereocenters. The molecule has 0 spiro atoms. The van der Waals surface area contributed by atoms with Gasteiger partial charge >= 0.3 is 0 Å². The molecule has 1 amide bonds. The molecule has 1 aliphatic rings. The normalized spacial score (nSPS) is 20.4. The molecule has 26 heavy (non-hydrogen) atoms. The molecule has 2 aromatic rings. The molecule has 1 aromatic carbocycles. The van der Waals surface area contributed by atoms with E-state index in [-0.39, 0.29) is 24.2 Å². The Hall–Kier alpha value is -1.89. The van der Waals surface area contributed by atoms with Gasteiger partial charge in [-0.15, -0.1) is 0 Å². The third-order valence-corrected chi connectivity index (χ3v) is 4.65. The number of hydrogen-bond acceptors (Lipinski definition) is 4. The van der Waals surface area contributed by atoms with Crippen molar-refractivity contribution in [3.05, 3.63) is 36.0 Å². The molecule has 1 aliphatic heterocycles. The maximum Gasteiger partial charge on any atom is 0.248 e. The Morgan fingerprint density at radius 1 is 1.38 bits per heavy atom. The van der Waals surface area contributed by atoms with Gasteiger partial charge in [0.15, 0.2) is 0 Å². The Bertz CT molecular complexity index is 754. The number of H-pyrrole nitrogens is 1. The molecule has 1 fully saturated rings. The molecule has 142 valence electrons. The molecule has 6 nitrogen and oxygen atoms in total. The van der Waals surface area contributed by atoms with E-state index in [2.05, 4.69) is 48.0 Å². The van der Waals surface area contributed by atoms with Crippen LogP contribution in [0.4, 0.5) is 0 Å². The van der Waals surface area contributed by atoms with Crippen molar-refractivity contribution in [3.63, 3.8) is 0 Å². The van der Waals surface area contributed by atoms with Gasteiger partial charge in [0, 0.05) is 45.4 Å². The van der Waals surface area contributed by atoms with E-state index in [0.717, 1.165) is 19.6 Å². The summed E-state index contributed by atoms with van der Waals surface area (Å²) in [6, 6.07) is 8.49. The molecule has 1 saturated heterocycles. The zero-order chi connectivity index (χ0) is 18.7. The Morgan fingerprint density at radius 2 is 2.19 bits per heavy atom.